The summed E-state index contributed by atoms with van der Waals surface area (Å²) in [5, 5.41) is 0.428. The predicted molar refractivity (Wildman–Crippen MR) is 72.0 cm³/mol. The van der Waals surface area contributed by atoms with E-state index in [9.17, 15) is 13.6 Å². The van der Waals surface area contributed by atoms with Crippen LogP contribution >= 0.6 is 31.9 Å². The lowest BCUT2D eigenvalue weighted by molar-refractivity contribution is -0.173. The number of alkyl halides is 3. The van der Waals surface area contributed by atoms with E-state index < -0.39 is 11.9 Å². The Labute approximate surface area is 121 Å². The summed E-state index contributed by atoms with van der Waals surface area (Å²) in [5.74, 6) is -5.16. The van der Waals surface area contributed by atoms with Crippen LogP contribution in [0.15, 0.2) is 16.6 Å². The lowest BCUT2D eigenvalue weighted by atomic mass is 10.00. The summed E-state index contributed by atoms with van der Waals surface area (Å²) in [6, 6.07) is 3.04. The van der Waals surface area contributed by atoms with Gasteiger partial charge in [-0.05, 0) is 37.1 Å². The van der Waals surface area contributed by atoms with Crippen molar-refractivity contribution in [1.29, 1.82) is 0 Å². The molecule has 0 N–H and O–H groups in total. The van der Waals surface area contributed by atoms with Gasteiger partial charge in [0.15, 0.2) is 0 Å². The average Bonchev–Trinajstić information content (AvgIpc) is 2.32. The van der Waals surface area contributed by atoms with Crippen molar-refractivity contribution in [2.24, 2.45) is 0 Å². The second-order valence-electron chi connectivity index (χ2n) is 3.68. The number of ether oxygens (including phenoxy) is 1. The Balaban J connectivity index is 3.30. The van der Waals surface area contributed by atoms with Gasteiger partial charge in [-0.25, -0.2) is 4.79 Å². The first-order valence-electron chi connectivity index (χ1n) is 5.25. The van der Waals surface area contributed by atoms with Gasteiger partial charge in [0.2, 0.25) is 0 Å². The first kappa shape index (κ1) is 15.6. The maximum absolute atomic E-state index is 14.0. The molecule has 0 aromatic heterocycles. The maximum atomic E-state index is 14.0. The van der Waals surface area contributed by atoms with Crippen LogP contribution in [0.2, 0.25) is 0 Å². The molecule has 6 heteroatoms. The zero-order valence-corrected chi connectivity index (χ0v) is 13.1. The second kappa shape index (κ2) is 6.10. The third-order valence-corrected chi connectivity index (χ3v) is 3.90. The van der Waals surface area contributed by atoms with E-state index in [1.807, 2.05) is 0 Å². The fraction of sp³-hybridized carbons (Fsp3) is 0.417. The molecule has 1 rings (SSSR count). The molecule has 2 nitrogen and oxygen atoms in total. The Hall–Kier alpha value is -0.490. The molecule has 0 bridgehead atoms. The van der Waals surface area contributed by atoms with Gasteiger partial charge < -0.3 is 4.74 Å². The molecule has 18 heavy (non-hydrogen) atoms. The molecule has 0 fully saturated rings. The van der Waals surface area contributed by atoms with E-state index in [2.05, 4.69) is 36.6 Å². The van der Waals surface area contributed by atoms with E-state index in [4.69, 9.17) is 0 Å². The molecule has 1 aromatic carbocycles. The number of hydrogen-bond donors (Lipinski definition) is 0. The third-order valence-electron chi connectivity index (χ3n) is 2.43. The molecular weight excluding hydrogens is 374 g/mol. The van der Waals surface area contributed by atoms with E-state index in [-0.39, 0.29) is 12.2 Å². The van der Waals surface area contributed by atoms with Crippen molar-refractivity contribution in [2.45, 2.75) is 25.1 Å². The summed E-state index contributed by atoms with van der Waals surface area (Å²) in [5.41, 5.74) is 0.661. The van der Waals surface area contributed by atoms with E-state index in [1.54, 1.807) is 6.07 Å². The minimum Gasteiger partial charge on any atom is -0.461 e. The molecule has 0 spiro atoms. The van der Waals surface area contributed by atoms with Crippen molar-refractivity contribution < 1.29 is 18.3 Å². The number of rotatable bonds is 4. The van der Waals surface area contributed by atoms with Crippen LogP contribution in [0, 0.1) is 6.92 Å². The van der Waals surface area contributed by atoms with Crippen LogP contribution in [0.3, 0.4) is 0 Å². The van der Waals surface area contributed by atoms with Crippen LogP contribution in [0.4, 0.5) is 8.78 Å². The lowest BCUT2D eigenvalue weighted by Crippen LogP contribution is -2.29. The van der Waals surface area contributed by atoms with Gasteiger partial charge in [-0.3, -0.25) is 0 Å². The van der Waals surface area contributed by atoms with Gasteiger partial charge in [-0.15, -0.1) is 0 Å². The third kappa shape index (κ3) is 3.09. The van der Waals surface area contributed by atoms with Gasteiger partial charge in [0, 0.05) is 15.4 Å². The molecule has 0 radical (unpaired) electrons. The maximum Gasteiger partial charge on any atom is 0.381 e. The van der Waals surface area contributed by atoms with Crippen LogP contribution in [-0.2, 0) is 20.8 Å². The Kier molecular flexibility index (Phi) is 5.28. The van der Waals surface area contributed by atoms with Crippen LogP contribution in [-0.4, -0.2) is 12.6 Å². The first-order chi connectivity index (χ1) is 8.34. The second-order valence-corrected chi connectivity index (χ2v) is 5.09. The molecule has 0 unspecified atom stereocenters. The quantitative estimate of drug-likeness (QED) is 0.570. The van der Waals surface area contributed by atoms with Crippen molar-refractivity contribution in [3.05, 3.63) is 33.3 Å². The Morgan fingerprint density at radius 3 is 2.56 bits per heavy atom. The highest BCUT2D eigenvalue weighted by atomic mass is 79.9. The molecule has 0 aliphatic rings. The van der Waals surface area contributed by atoms with Crippen LogP contribution in [0.5, 0.6) is 0 Å². The van der Waals surface area contributed by atoms with E-state index in [0.717, 1.165) is 0 Å². The van der Waals surface area contributed by atoms with Gasteiger partial charge in [0.25, 0.3) is 0 Å². The highest BCUT2D eigenvalue weighted by Crippen LogP contribution is 2.36. The Morgan fingerprint density at radius 1 is 1.44 bits per heavy atom. The predicted octanol–water partition coefficient (Wildman–Crippen LogP) is 4.31. The molecule has 0 heterocycles. The van der Waals surface area contributed by atoms with Gasteiger partial charge >= 0.3 is 11.9 Å². The average molecular weight is 386 g/mol. The number of hydrogen-bond acceptors (Lipinski definition) is 2. The van der Waals surface area contributed by atoms with E-state index in [1.165, 1.54) is 19.9 Å². The van der Waals surface area contributed by atoms with E-state index in [0.29, 0.717) is 20.9 Å². The van der Waals surface area contributed by atoms with Crippen LogP contribution < -0.4 is 0 Å². The van der Waals surface area contributed by atoms with Crippen LogP contribution in [0.1, 0.15) is 23.6 Å². The molecular formula is C12H12Br2F2O2. The molecule has 0 amide bonds. The molecule has 1 aromatic rings. The molecule has 100 valence electrons. The zero-order valence-electron chi connectivity index (χ0n) is 9.90. The summed E-state index contributed by atoms with van der Waals surface area (Å²) in [6.07, 6.45) is 0. The minimum absolute atomic E-state index is 0.0766. The fourth-order valence-electron chi connectivity index (χ4n) is 1.47. The molecule has 0 aliphatic heterocycles. The molecule has 0 saturated carbocycles. The Bertz CT molecular complexity index is 462. The highest BCUT2D eigenvalue weighted by molar-refractivity contribution is 9.10. The summed E-state index contributed by atoms with van der Waals surface area (Å²) in [7, 11) is 0. The van der Waals surface area contributed by atoms with Crippen molar-refractivity contribution in [2.75, 3.05) is 6.61 Å². The van der Waals surface area contributed by atoms with Gasteiger partial charge in [-0.2, -0.15) is 8.78 Å². The number of halogens is 4. The Morgan fingerprint density at radius 2 is 2.06 bits per heavy atom. The number of carbonyl (C=O) groups excluding carboxylic acids is 1. The van der Waals surface area contributed by atoms with Gasteiger partial charge in [0.05, 0.1) is 6.61 Å². The summed E-state index contributed by atoms with van der Waals surface area (Å²) in [4.78, 5) is 11.3. The first-order valence-corrected chi connectivity index (χ1v) is 7.16. The van der Waals surface area contributed by atoms with Crippen molar-refractivity contribution in [3.8, 4) is 0 Å². The highest BCUT2D eigenvalue weighted by Gasteiger charge is 2.44. The monoisotopic (exact) mass is 384 g/mol. The normalized spacial score (nSPS) is 11.4. The van der Waals surface area contributed by atoms with E-state index >= 15 is 0 Å². The molecule has 0 aliphatic carbocycles. The summed E-state index contributed by atoms with van der Waals surface area (Å²) in [6.45, 7) is 2.95. The topological polar surface area (TPSA) is 26.3 Å². The SMILES string of the molecule is CCOC(=O)C(F)(F)c1cc(CBr)cc(Br)c1C. The molecule has 0 atom stereocenters. The van der Waals surface area contributed by atoms with Crippen molar-refractivity contribution >= 4 is 37.8 Å². The number of carbonyl (C=O) groups is 1. The largest absolute Gasteiger partial charge is 0.461 e. The van der Waals surface area contributed by atoms with Crippen LogP contribution in [0.25, 0.3) is 0 Å². The minimum atomic E-state index is -3.64. The standard InChI is InChI=1S/C12H12Br2F2O2/c1-3-18-11(17)12(15,16)9-4-8(6-13)5-10(14)7(9)2/h4-5H,3,6H2,1-2H3. The molecule has 0 saturated heterocycles. The van der Waals surface area contributed by atoms with Crippen molar-refractivity contribution in [1.82, 2.24) is 0 Å². The van der Waals surface area contributed by atoms with Gasteiger partial charge in [0.1, 0.15) is 0 Å². The smallest absolute Gasteiger partial charge is 0.381 e. The van der Waals surface area contributed by atoms with Crippen molar-refractivity contribution in [3.63, 3.8) is 0 Å². The zero-order chi connectivity index (χ0) is 13.9. The number of esters is 1. The lowest BCUT2D eigenvalue weighted by Gasteiger charge is -2.18. The fourth-order valence-corrected chi connectivity index (χ4v) is 2.30. The summed E-state index contributed by atoms with van der Waals surface area (Å²) >= 11 is 6.41. The van der Waals surface area contributed by atoms with Gasteiger partial charge in [-0.1, -0.05) is 31.9 Å². The number of benzene rings is 1. The summed E-state index contributed by atoms with van der Waals surface area (Å²) < 4.78 is 32.9.